The predicted molar refractivity (Wildman–Crippen MR) is 138 cm³/mol. The van der Waals surface area contributed by atoms with Gasteiger partial charge < -0.3 is 19.3 Å². The number of aliphatic hydroxyl groups is 1. The van der Waals surface area contributed by atoms with Gasteiger partial charge in [0.1, 0.15) is 23.0 Å². The Labute approximate surface area is 214 Å². The molecule has 8 heteroatoms. The molecule has 0 spiro atoms. The van der Waals surface area contributed by atoms with Crippen molar-refractivity contribution in [3.63, 3.8) is 0 Å². The molecule has 4 rings (SSSR count). The highest BCUT2D eigenvalue weighted by Crippen LogP contribution is 2.45. The average molecular weight is 508 g/mol. The number of Topliss-reactive ketones (excluding diaryl/α,β-unsaturated/α-hetero) is 1. The number of aliphatic hydroxyl groups excluding tert-OH is 1. The van der Waals surface area contributed by atoms with Crippen molar-refractivity contribution in [2.24, 2.45) is 0 Å². The Morgan fingerprint density at radius 3 is 2.25 bits per heavy atom. The van der Waals surface area contributed by atoms with Crippen molar-refractivity contribution in [1.29, 1.82) is 0 Å². The standard InChI is InChI=1S/C28H26ClNO6/c1-5-16-9-11-18(12-10-16)30-25(17-7-6-8-19(13-17)34-2)24(27(32)28(30)33)26(31)20-14-23(36-4)21(29)15-22(20)35-3/h6-15,25,31H,5H2,1-4H3/b26-24+. The van der Waals surface area contributed by atoms with Crippen LogP contribution in [0.1, 0.15) is 29.7 Å². The van der Waals surface area contributed by atoms with Crippen LogP contribution in [-0.2, 0) is 16.0 Å². The maximum absolute atomic E-state index is 13.4. The van der Waals surface area contributed by atoms with Crippen LogP contribution in [0.15, 0.2) is 66.2 Å². The monoisotopic (exact) mass is 507 g/mol. The molecule has 0 saturated carbocycles. The maximum atomic E-state index is 13.4. The fourth-order valence-corrected chi connectivity index (χ4v) is 4.54. The molecule has 3 aromatic carbocycles. The summed E-state index contributed by atoms with van der Waals surface area (Å²) in [6, 6.07) is 16.5. The van der Waals surface area contributed by atoms with E-state index in [0.717, 1.165) is 12.0 Å². The molecule has 0 aliphatic carbocycles. The molecule has 1 heterocycles. The molecule has 186 valence electrons. The van der Waals surface area contributed by atoms with E-state index in [1.165, 1.54) is 38.4 Å². The quantitative estimate of drug-likeness (QED) is 0.256. The van der Waals surface area contributed by atoms with Crippen LogP contribution in [0.4, 0.5) is 5.69 Å². The van der Waals surface area contributed by atoms with Crippen LogP contribution in [0.2, 0.25) is 5.02 Å². The van der Waals surface area contributed by atoms with Crippen molar-refractivity contribution in [3.05, 3.63) is 87.9 Å². The molecule has 7 nitrogen and oxygen atoms in total. The zero-order chi connectivity index (χ0) is 26.0. The third kappa shape index (κ3) is 4.38. The third-order valence-corrected chi connectivity index (χ3v) is 6.50. The lowest BCUT2D eigenvalue weighted by molar-refractivity contribution is -0.132. The van der Waals surface area contributed by atoms with Crippen LogP contribution < -0.4 is 19.1 Å². The summed E-state index contributed by atoms with van der Waals surface area (Å²) in [4.78, 5) is 28.2. The van der Waals surface area contributed by atoms with E-state index < -0.39 is 23.5 Å². The molecule has 1 amide bonds. The zero-order valence-corrected chi connectivity index (χ0v) is 21.1. The second-order valence-electron chi connectivity index (χ2n) is 8.15. The summed E-state index contributed by atoms with van der Waals surface area (Å²) in [6.45, 7) is 2.03. The minimum Gasteiger partial charge on any atom is -0.507 e. The van der Waals surface area contributed by atoms with Crippen LogP contribution in [0.25, 0.3) is 5.76 Å². The molecule has 1 atom stereocenters. The minimum absolute atomic E-state index is 0.0875. The van der Waals surface area contributed by atoms with Crippen molar-refractivity contribution in [2.75, 3.05) is 26.2 Å². The van der Waals surface area contributed by atoms with E-state index in [0.29, 0.717) is 17.0 Å². The third-order valence-electron chi connectivity index (χ3n) is 6.21. The molecule has 0 aromatic heterocycles. The summed E-state index contributed by atoms with van der Waals surface area (Å²) in [5.74, 6) is -0.933. The van der Waals surface area contributed by atoms with E-state index in [1.807, 2.05) is 19.1 Å². The van der Waals surface area contributed by atoms with E-state index in [9.17, 15) is 14.7 Å². The van der Waals surface area contributed by atoms with E-state index in [-0.39, 0.29) is 27.7 Å². The molecule has 0 bridgehead atoms. The van der Waals surface area contributed by atoms with Crippen molar-refractivity contribution in [3.8, 4) is 17.2 Å². The number of carbonyl (C=O) groups is 2. The number of halogens is 1. The Morgan fingerprint density at radius 1 is 0.944 bits per heavy atom. The van der Waals surface area contributed by atoms with Gasteiger partial charge in [-0.3, -0.25) is 14.5 Å². The minimum atomic E-state index is -0.918. The van der Waals surface area contributed by atoms with Gasteiger partial charge in [0.25, 0.3) is 11.7 Å². The van der Waals surface area contributed by atoms with Gasteiger partial charge in [-0.25, -0.2) is 0 Å². The van der Waals surface area contributed by atoms with E-state index >= 15 is 0 Å². The summed E-state index contributed by atoms with van der Waals surface area (Å²) in [5, 5.41) is 11.8. The number of methoxy groups -OCH3 is 3. The highest BCUT2D eigenvalue weighted by molar-refractivity contribution is 6.51. The Hall–Kier alpha value is -3.97. The van der Waals surface area contributed by atoms with Gasteiger partial charge in [-0.1, -0.05) is 42.8 Å². The highest BCUT2D eigenvalue weighted by atomic mass is 35.5. The normalized spacial score (nSPS) is 16.8. The fraction of sp³-hybridized carbons (Fsp3) is 0.214. The molecule has 1 saturated heterocycles. The number of carbonyl (C=O) groups excluding carboxylic acids is 2. The van der Waals surface area contributed by atoms with Crippen LogP contribution in [0.3, 0.4) is 0 Å². The second kappa shape index (κ2) is 10.3. The molecule has 1 aliphatic heterocycles. The molecule has 1 fully saturated rings. The van der Waals surface area contributed by atoms with Gasteiger partial charge >= 0.3 is 0 Å². The van der Waals surface area contributed by atoms with Crippen molar-refractivity contribution in [2.45, 2.75) is 19.4 Å². The number of benzene rings is 3. The smallest absolute Gasteiger partial charge is 0.300 e. The number of nitrogens with zero attached hydrogens (tertiary/aromatic N) is 1. The number of hydrogen-bond acceptors (Lipinski definition) is 6. The molecule has 0 radical (unpaired) electrons. The van der Waals surface area contributed by atoms with Gasteiger partial charge in [0.05, 0.1) is 43.5 Å². The van der Waals surface area contributed by atoms with E-state index in [1.54, 1.807) is 36.4 Å². The first-order valence-electron chi connectivity index (χ1n) is 11.3. The first-order chi connectivity index (χ1) is 17.3. The van der Waals surface area contributed by atoms with Gasteiger partial charge in [0.15, 0.2) is 0 Å². The lowest BCUT2D eigenvalue weighted by atomic mass is 9.94. The summed E-state index contributed by atoms with van der Waals surface area (Å²) < 4.78 is 16.1. The fourth-order valence-electron chi connectivity index (χ4n) is 4.31. The molecular weight excluding hydrogens is 482 g/mol. The second-order valence-corrected chi connectivity index (χ2v) is 8.56. The van der Waals surface area contributed by atoms with E-state index in [2.05, 4.69) is 0 Å². The number of anilines is 1. The van der Waals surface area contributed by atoms with Crippen LogP contribution in [-0.4, -0.2) is 38.1 Å². The molecule has 1 N–H and O–H groups in total. The Morgan fingerprint density at radius 2 is 1.64 bits per heavy atom. The van der Waals surface area contributed by atoms with E-state index in [4.69, 9.17) is 25.8 Å². The lowest BCUT2D eigenvalue weighted by Gasteiger charge is -2.26. The number of ether oxygens (including phenoxy) is 3. The number of hydrogen-bond donors (Lipinski definition) is 1. The first-order valence-corrected chi connectivity index (χ1v) is 11.7. The van der Waals surface area contributed by atoms with Gasteiger partial charge in [-0.05, 0) is 47.9 Å². The summed E-state index contributed by atoms with van der Waals surface area (Å²) in [5.41, 5.74) is 2.30. The van der Waals surface area contributed by atoms with Gasteiger partial charge in [-0.15, -0.1) is 0 Å². The molecule has 36 heavy (non-hydrogen) atoms. The molecule has 1 aliphatic rings. The number of ketones is 1. The van der Waals surface area contributed by atoms with Crippen LogP contribution in [0.5, 0.6) is 17.2 Å². The maximum Gasteiger partial charge on any atom is 0.300 e. The summed E-state index contributed by atoms with van der Waals surface area (Å²) >= 11 is 6.24. The van der Waals surface area contributed by atoms with Crippen LogP contribution in [0, 0.1) is 0 Å². The molecule has 3 aromatic rings. The van der Waals surface area contributed by atoms with Crippen molar-refractivity contribution >= 4 is 34.7 Å². The van der Waals surface area contributed by atoms with Crippen molar-refractivity contribution < 1.29 is 28.9 Å². The summed E-state index contributed by atoms with van der Waals surface area (Å²) in [6.07, 6.45) is 0.830. The highest BCUT2D eigenvalue weighted by Gasteiger charge is 2.47. The van der Waals surface area contributed by atoms with Gasteiger partial charge in [0.2, 0.25) is 0 Å². The average Bonchev–Trinajstić information content (AvgIpc) is 3.18. The number of aryl methyl sites for hydroxylation is 1. The molecular formula is C28H26ClNO6. The van der Waals surface area contributed by atoms with Crippen LogP contribution >= 0.6 is 11.6 Å². The van der Waals surface area contributed by atoms with Gasteiger partial charge in [-0.2, -0.15) is 0 Å². The predicted octanol–water partition coefficient (Wildman–Crippen LogP) is 5.55. The Bertz CT molecular complexity index is 1350. The first kappa shape index (κ1) is 25.1. The molecule has 1 unspecified atom stereocenters. The SMILES string of the molecule is CCc1ccc(N2C(=O)C(=O)/C(=C(/O)c3cc(OC)c(Cl)cc3OC)C2c2cccc(OC)c2)cc1. The number of amides is 1. The Balaban J connectivity index is 1.99. The summed E-state index contributed by atoms with van der Waals surface area (Å²) in [7, 11) is 4.39. The zero-order valence-electron chi connectivity index (χ0n) is 20.4. The Kier molecular flexibility index (Phi) is 7.22. The number of rotatable bonds is 7. The largest absolute Gasteiger partial charge is 0.507 e. The lowest BCUT2D eigenvalue weighted by Crippen LogP contribution is -2.29. The topological polar surface area (TPSA) is 85.3 Å². The van der Waals surface area contributed by atoms with Gasteiger partial charge in [0, 0.05) is 11.8 Å². The van der Waals surface area contributed by atoms with Crippen molar-refractivity contribution in [1.82, 2.24) is 0 Å².